The number of phenols is 3. The summed E-state index contributed by atoms with van der Waals surface area (Å²) in [5.41, 5.74) is 8.91. The summed E-state index contributed by atoms with van der Waals surface area (Å²) in [4.78, 5) is 28.4. The van der Waals surface area contributed by atoms with Crippen molar-refractivity contribution in [3.8, 4) is 84.7 Å². The van der Waals surface area contributed by atoms with Crippen molar-refractivity contribution in [2.75, 3.05) is 54.5 Å². The molecular formula is C68H80N20O3. The van der Waals surface area contributed by atoms with E-state index in [1.807, 2.05) is 67.7 Å². The van der Waals surface area contributed by atoms with Gasteiger partial charge in [-0.25, -0.2) is 24.5 Å². The summed E-state index contributed by atoms with van der Waals surface area (Å²) in [6.45, 7) is 18.3. The first-order chi connectivity index (χ1) is 44.0. The number of hydrogen-bond acceptors (Lipinski definition) is 21. The van der Waals surface area contributed by atoms with Crippen molar-refractivity contribution in [3.63, 3.8) is 0 Å². The fourth-order valence-corrected chi connectivity index (χ4v) is 13.5. The van der Waals surface area contributed by atoms with Crippen LogP contribution in [0.15, 0.2) is 135 Å². The molecular weight excluding hydrogens is 1140 g/mol. The Balaban J connectivity index is 0.000000132. The van der Waals surface area contributed by atoms with Gasteiger partial charge in [0, 0.05) is 115 Å². The molecule has 1 saturated carbocycles. The third-order valence-corrected chi connectivity index (χ3v) is 17.7. The van der Waals surface area contributed by atoms with Gasteiger partial charge in [0.05, 0.1) is 36.0 Å². The Morgan fingerprint density at radius 3 is 1.86 bits per heavy atom. The highest BCUT2D eigenvalue weighted by atomic mass is 16.3. The fourth-order valence-electron chi connectivity index (χ4n) is 13.5. The largest absolute Gasteiger partial charge is 0.507 e. The number of piperidine rings is 2. The molecule has 23 nitrogen and oxygen atoms in total. The average molecular weight is 1230 g/mol. The van der Waals surface area contributed by atoms with E-state index < -0.39 is 0 Å². The number of aromatic hydroxyl groups is 3. The summed E-state index contributed by atoms with van der Waals surface area (Å²) >= 11 is 0. The molecule has 3 atom stereocenters. The van der Waals surface area contributed by atoms with Gasteiger partial charge in [-0.05, 0) is 156 Å². The minimum absolute atomic E-state index is 0.0449. The summed E-state index contributed by atoms with van der Waals surface area (Å²) in [6.07, 6.45) is 25.4. The summed E-state index contributed by atoms with van der Waals surface area (Å²) in [5.74, 6) is 4.68. The third-order valence-electron chi connectivity index (χ3n) is 17.7. The highest BCUT2D eigenvalue weighted by Gasteiger charge is 2.40. The number of imidazole rings is 1. The maximum atomic E-state index is 10.6. The van der Waals surface area contributed by atoms with Crippen molar-refractivity contribution in [1.82, 2.24) is 86.0 Å². The first-order valence-corrected chi connectivity index (χ1v) is 31.5. The number of pyridine rings is 1. The van der Waals surface area contributed by atoms with Gasteiger partial charge in [-0.15, -0.1) is 30.6 Å². The van der Waals surface area contributed by atoms with E-state index in [1.165, 1.54) is 32.1 Å². The molecule has 0 spiro atoms. The molecule has 0 radical (unpaired) electrons. The Hall–Kier alpha value is -9.61. The molecule has 23 heteroatoms. The second kappa shape index (κ2) is 26.8. The van der Waals surface area contributed by atoms with Crippen molar-refractivity contribution in [2.45, 2.75) is 116 Å². The molecule has 10 heterocycles. The van der Waals surface area contributed by atoms with Crippen molar-refractivity contribution in [3.05, 3.63) is 135 Å². The van der Waals surface area contributed by atoms with E-state index in [9.17, 15) is 15.3 Å². The lowest BCUT2D eigenvalue weighted by atomic mass is 9.79. The highest BCUT2D eigenvalue weighted by molar-refractivity contribution is 5.75. The van der Waals surface area contributed by atoms with Gasteiger partial charge in [-0.2, -0.15) is 10.2 Å². The first-order valence-electron chi connectivity index (χ1n) is 31.5. The molecule has 4 aliphatic rings. The number of benzene rings is 3. The van der Waals surface area contributed by atoms with Crippen LogP contribution in [0.1, 0.15) is 92.9 Å². The molecule has 7 aromatic heterocycles. The van der Waals surface area contributed by atoms with Crippen LogP contribution >= 0.6 is 0 Å². The molecule has 6 N–H and O–H groups in total. The van der Waals surface area contributed by atoms with Crippen molar-refractivity contribution in [1.29, 1.82) is 0 Å². The normalized spacial score (nSPS) is 19.0. The number of nitrogens with one attached hydrogen (secondary N) is 3. The first kappa shape index (κ1) is 61.6. The number of anilines is 3. The molecule has 0 amide bonds. The standard InChI is InChI=1S/C24H30N6O.C22H23N7O.C22H27N7O/c1-23(2)12-18(13-24(3,4)29-23)30(5)21-15-26-22(28-27-21)19-9-8-16(11-20(19)31)17-7-6-10-25-14-17;1-14-9-15(2)13-28(12-14)22-24-11-19(25-26-22)17-4-3-16(10-20(17)30)18-5-6-21-23-7-8-29(21)27-18;30-21-9-16(17-11-25-26-12-17)5-6-19(21)20-13-24-22(28-27-20)29-8-7-15(14-29)10-23-18-3-1-2-4-18/h6-11,14-15,18,29,31H,12-13H2,1-5H3;3-8,10-11,14-15,30H,9,12-13H2,1-2H3;5-6,9,11-13,15,18,23,30H,1-4,7-8,10,14H2,(H,25,26)/t;14-,15+;. The van der Waals surface area contributed by atoms with Gasteiger partial charge in [0.15, 0.2) is 17.3 Å². The maximum Gasteiger partial charge on any atom is 0.245 e. The Labute approximate surface area is 530 Å². The van der Waals surface area contributed by atoms with Gasteiger partial charge >= 0.3 is 0 Å². The van der Waals surface area contributed by atoms with Crippen LogP contribution in [0.2, 0.25) is 0 Å². The zero-order valence-corrected chi connectivity index (χ0v) is 52.7. The van der Waals surface area contributed by atoms with E-state index in [-0.39, 0.29) is 28.3 Å². The maximum absolute atomic E-state index is 10.6. The summed E-state index contributed by atoms with van der Waals surface area (Å²) in [6, 6.07) is 25.0. The van der Waals surface area contributed by atoms with Gasteiger partial charge in [-0.3, -0.25) is 10.1 Å². The van der Waals surface area contributed by atoms with Crippen LogP contribution < -0.4 is 25.3 Å². The van der Waals surface area contributed by atoms with Crippen molar-refractivity contribution < 1.29 is 15.3 Å². The number of nitrogens with zero attached hydrogens (tertiary/aromatic N) is 17. The van der Waals surface area contributed by atoms with E-state index >= 15 is 0 Å². The predicted molar refractivity (Wildman–Crippen MR) is 352 cm³/mol. The number of fused-ring (bicyclic) bond motifs is 1. The van der Waals surface area contributed by atoms with E-state index in [1.54, 1.807) is 78.5 Å². The number of aromatic nitrogens is 15. The molecule has 3 saturated heterocycles. The van der Waals surface area contributed by atoms with Gasteiger partial charge < -0.3 is 40.7 Å². The van der Waals surface area contributed by atoms with Gasteiger partial charge in [-0.1, -0.05) is 51.0 Å². The second-order valence-electron chi connectivity index (χ2n) is 26.2. The van der Waals surface area contributed by atoms with Crippen LogP contribution in [0.25, 0.3) is 73.1 Å². The summed E-state index contributed by atoms with van der Waals surface area (Å²) in [7, 11) is 2.05. The number of hydrogen-bond donors (Lipinski definition) is 6. The van der Waals surface area contributed by atoms with Crippen LogP contribution in [0.3, 0.4) is 0 Å². The fraction of sp³-hybridized carbons (Fsp3) is 0.397. The van der Waals surface area contributed by atoms with Crippen molar-refractivity contribution >= 4 is 23.4 Å². The zero-order chi connectivity index (χ0) is 63.2. The summed E-state index contributed by atoms with van der Waals surface area (Å²) < 4.78 is 1.71. The van der Waals surface area contributed by atoms with Crippen LogP contribution in [0.5, 0.6) is 17.2 Å². The van der Waals surface area contributed by atoms with Crippen LogP contribution in [-0.2, 0) is 0 Å². The van der Waals surface area contributed by atoms with Crippen molar-refractivity contribution in [2.24, 2.45) is 17.8 Å². The van der Waals surface area contributed by atoms with E-state index in [0.717, 1.165) is 97.0 Å². The molecule has 3 aliphatic heterocycles. The van der Waals surface area contributed by atoms with E-state index in [4.69, 9.17) is 0 Å². The Kier molecular flexibility index (Phi) is 18.2. The average Bonchev–Trinajstić information content (AvgIpc) is 1.67. The number of aromatic amines is 1. The monoisotopic (exact) mass is 1220 g/mol. The van der Waals surface area contributed by atoms with Gasteiger partial charge in [0.25, 0.3) is 0 Å². The molecule has 10 aromatic rings. The summed E-state index contributed by atoms with van der Waals surface area (Å²) in [5, 5.41) is 76.4. The Morgan fingerprint density at radius 2 is 1.25 bits per heavy atom. The van der Waals surface area contributed by atoms with Crippen LogP contribution in [0.4, 0.5) is 17.7 Å². The van der Waals surface area contributed by atoms with Gasteiger partial charge in [0.2, 0.25) is 11.9 Å². The zero-order valence-electron chi connectivity index (χ0n) is 52.7. The minimum Gasteiger partial charge on any atom is -0.507 e. The lowest BCUT2D eigenvalue weighted by Gasteiger charge is -2.49. The molecule has 1 aliphatic carbocycles. The topological polar surface area (TPSA) is 282 Å². The predicted octanol–water partition coefficient (Wildman–Crippen LogP) is 10.5. The SMILES string of the molecule is CN(c1cnc(-c2ccc(-c3cccnc3)cc2O)nn1)C1CC(C)(C)NC(C)(C)C1.C[C@@H]1C[C@H](C)CN(c2ncc(-c3ccc(-c4ccc5nccn5n4)cc3O)nn2)C1.Oc1cc(-c2cn[nH]c2)ccc1-c1cnc(N2CCC(CNC3CCCC3)C2)nn1. The molecule has 91 heavy (non-hydrogen) atoms. The quantitative estimate of drug-likeness (QED) is 0.0626. The lowest BCUT2D eigenvalue weighted by molar-refractivity contribution is 0.160. The Bertz CT molecular complexity index is 4010. The molecule has 0 bridgehead atoms. The van der Waals surface area contributed by atoms with Crippen LogP contribution in [0, 0.1) is 17.8 Å². The molecule has 470 valence electrons. The van der Waals surface area contributed by atoms with E-state index in [0.29, 0.717) is 75.6 Å². The third kappa shape index (κ3) is 14.8. The lowest BCUT2D eigenvalue weighted by Crippen LogP contribution is -2.62. The Morgan fingerprint density at radius 1 is 0.604 bits per heavy atom. The van der Waals surface area contributed by atoms with Crippen LogP contribution in [-0.4, -0.2) is 154 Å². The minimum atomic E-state index is 0.0449. The number of H-pyrrole nitrogens is 1. The molecule has 4 fully saturated rings. The molecule has 3 aromatic carbocycles. The van der Waals surface area contributed by atoms with Gasteiger partial charge in [0.1, 0.15) is 28.6 Å². The number of phenolic OH excluding ortho intramolecular Hbond substituents is 3. The smallest absolute Gasteiger partial charge is 0.245 e. The number of rotatable bonds is 13. The second-order valence-corrected chi connectivity index (χ2v) is 26.2. The highest BCUT2D eigenvalue weighted by Crippen LogP contribution is 2.37. The van der Waals surface area contributed by atoms with E-state index in [2.05, 4.69) is 138 Å². The molecule has 1 unspecified atom stereocenters. The molecule has 14 rings (SSSR count).